The molecular weight excluding hydrogens is 719 g/mol. The summed E-state index contributed by atoms with van der Waals surface area (Å²) in [4.78, 5) is 24.4. The minimum Gasteiger partial charge on any atom is -0.466 e. The normalized spacial score (nSPS) is 12.7. The first kappa shape index (κ1) is 56.6. The Kier molecular flexibility index (Phi) is 47.1. The Morgan fingerprint density at radius 3 is 1.17 bits per heavy atom. The second kappa shape index (κ2) is 48.3. The van der Waals surface area contributed by atoms with E-state index in [1.54, 1.807) is 6.08 Å². The number of carbonyl (C=O) groups excluding carboxylic acids is 2. The molecule has 6 heteroatoms. The van der Waals surface area contributed by atoms with Crippen LogP contribution in [0.15, 0.2) is 12.2 Å². The highest BCUT2D eigenvalue weighted by Gasteiger charge is 2.18. The molecule has 2 unspecified atom stereocenters. The van der Waals surface area contributed by atoms with E-state index in [2.05, 4.69) is 19.2 Å². The van der Waals surface area contributed by atoms with Gasteiger partial charge in [0.05, 0.1) is 25.4 Å². The minimum absolute atomic E-state index is 0.00349. The maximum atomic E-state index is 12.4. The topological polar surface area (TPSA) is 95.9 Å². The van der Waals surface area contributed by atoms with Crippen LogP contribution < -0.4 is 5.32 Å². The summed E-state index contributed by atoms with van der Waals surface area (Å²) in [5.74, 6) is -0.0841. The van der Waals surface area contributed by atoms with Crippen molar-refractivity contribution in [2.45, 2.75) is 296 Å². The van der Waals surface area contributed by atoms with Crippen LogP contribution in [0.25, 0.3) is 0 Å². The van der Waals surface area contributed by atoms with Crippen LogP contribution in [0, 0.1) is 0 Å². The van der Waals surface area contributed by atoms with Crippen molar-refractivity contribution in [1.29, 1.82) is 0 Å². The van der Waals surface area contributed by atoms with Gasteiger partial charge in [0.2, 0.25) is 5.91 Å². The molecule has 0 radical (unpaired) electrons. The monoisotopic (exact) mass is 820 g/mol. The molecule has 0 aliphatic carbocycles. The Morgan fingerprint density at radius 1 is 0.466 bits per heavy atom. The first-order chi connectivity index (χ1) is 28.5. The van der Waals surface area contributed by atoms with E-state index >= 15 is 0 Å². The number of nitrogens with one attached hydrogen (secondary N) is 1. The van der Waals surface area contributed by atoms with Crippen LogP contribution in [0.4, 0.5) is 0 Å². The molecule has 0 spiro atoms. The van der Waals surface area contributed by atoms with Crippen LogP contribution in [0.1, 0.15) is 284 Å². The lowest BCUT2D eigenvalue weighted by Gasteiger charge is -2.20. The van der Waals surface area contributed by atoms with E-state index in [0.29, 0.717) is 19.4 Å². The molecule has 344 valence electrons. The summed E-state index contributed by atoms with van der Waals surface area (Å²) in [7, 11) is 0. The number of carbonyl (C=O) groups is 2. The molecule has 0 heterocycles. The molecule has 6 nitrogen and oxygen atoms in total. The van der Waals surface area contributed by atoms with Gasteiger partial charge in [0, 0.05) is 12.8 Å². The Bertz CT molecular complexity index is 863. The molecule has 0 rings (SSSR count). The highest BCUT2D eigenvalue weighted by atomic mass is 16.5. The summed E-state index contributed by atoms with van der Waals surface area (Å²) in [6.45, 7) is 4.88. The van der Waals surface area contributed by atoms with Gasteiger partial charge in [0.1, 0.15) is 0 Å². The van der Waals surface area contributed by atoms with Crippen molar-refractivity contribution in [3.05, 3.63) is 12.2 Å². The van der Waals surface area contributed by atoms with Crippen molar-refractivity contribution >= 4 is 11.9 Å². The summed E-state index contributed by atoms with van der Waals surface area (Å²) in [6, 6.07) is -0.635. The molecule has 3 N–H and O–H groups in total. The number of allylic oxidation sites excluding steroid dienone is 1. The molecule has 0 aromatic heterocycles. The number of hydrogen-bond acceptors (Lipinski definition) is 5. The van der Waals surface area contributed by atoms with E-state index in [1.165, 1.54) is 199 Å². The van der Waals surface area contributed by atoms with Crippen molar-refractivity contribution in [2.24, 2.45) is 0 Å². The smallest absolute Gasteiger partial charge is 0.305 e. The van der Waals surface area contributed by atoms with Crippen LogP contribution in [0.5, 0.6) is 0 Å². The second-order valence-electron chi connectivity index (χ2n) is 17.9. The number of aliphatic hydroxyl groups is 2. The molecule has 0 fully saturated rings. The molecule has 0 aromatic carbocycles. The van der Waals surface area contributed by atoms with Crippen molar-refractivity contribution in [2.75, 3.05) is 13.2 Å². The number of ether oxygens (including phenoxy) is 1. The first-order valence-corrected chi connectivity index (χ1v) is 26.0. The van der Waals surface area contributed by atoms with E-state index in [-0.39, 0.29) is 18.5 Å². The number of esters is 1. The van der Waals surface area contributed by atoms with E-state index in [0.717, 1.165) is 57.8 Å². The fraction of sp³-hybridized carbons (Fsp3) is 0.923. The van der Waals surface area contributed by atoms with Gasteiger partial charge in [0.25, 0.3) is 0 Å². The lowest BCUT2D eigenvalue weighted by Crippen LogP contribution is -2.45. The van der Waals surface area contributed by atoms with Crippen LogP contribution in [0.2, 0.25) is 0 Å². The highest BCUT2D eigenvalue weighted by molar-refractivity contribution is 5.76. The zero-order valence-electron chi connectivity index (χ0n) is 39.0. The fourth-order valence-electron chi connectivity index (χ4n) is 8.05. The average Bonchev–Trinajstić information content (AvgIpc) is 3.22. The second-order valence-corrected chi connectivity index (χ2v) is 17.9. The number of amides is 1. The maximum Gasteiger partial charge on any atom is 0.305 e. The molecule has 2 atom stereocenters. The molecule has 1 amide bonds. The predicted molar refractivity (Wildman–Crippen MR) is 250 cm³/mol. The van der Waals surface area contributed by atoms with Gasteiger partial charge >= 0.3 is 5.97 Å². The average molecular weight is 820 g/mol. The van der Waals surface area contributed by atoms with Gasteiger partial charge in [-0.25, -0.2) is 0 Å². The molecule has 0 aliphatic rings. The Hall–Kier alpha value is -1.40. The van der Waals surface area contributed by atoms with Crippen molar-refractivity contribution in [1.82, 2.24) is 5.32 Å². The highest BCUT2D eigenvalue weighted by Crippen LogP contribution is 2.16. The van der Waals surface area contributed by atoms with Gasteiger partial charge in [-0.05, 0) is 32.1 Å². The summed E-state index contributed by atoms with van der Waals surface area (Å²) in [6.07, 6.45) is 54.9. The molecule has 0 aliphatic heterocycles. The third kappa shape index (κ3) is 44.2. The molecule has 0 aromatic rings. The van der Waals surface area contributed by atoms with Gasteiger partial charge in [-0.2, -0.15) is 0 Å². The number of rotatable bonds is 48. The lowest BCUT2D eigenvalue weighted by atomic mass is 10.0. The van der Waals surface area contributed by atoms with Crippen LogP contribution in [-0.2, 0) is 14.3 Å². The van der Waals surface area contributed by atoms with Crippen molar-refractivity contribution in [3.8, 4) is 0 Å². The lowest BCUT2D eigenvalue weighted by molar-refractivity contribution is -0.143. The number of aliphatic hydroxyl groups excluding tert-OH is 2. The van der Waals surface area contributed by atoms with Gasteiger partial charge in [-0.1, -0.05) is 251 Å². The first-order valence-electron chi connectivity index (χ1n) is 26.0. The van der Waals surface area contributed by atoms with E-state index in [4.69, 9.17) is 4.74 Å². The van der Waals surface area contributed by atoms with Crippen LogP contribution in [-0.4, -0.2) is 47.4 Å². The van der Waals surface area contributed by atoms with Gasteiger partial charge < -0.3 is 20.3 Å². The van der Waals surface area contributed by atoms with Gasteiger partial charge in [-0.3, -0.25) is 9.59 Å². The number of unbranched alkanes of at least 4 members (excludes halogenated alkanes) is 37. The van der Waals surface area contributed by atoms with Crippen LogP contribution in [0.3, 0.4) is 0 Å². The minimum atomic E-state index is -0.850. The number of hydrogen-bond donors (Lipinski definition) is 3. The standard InChI is InChI=1S/C52H101NO5/c1-3-5-7-9-11-13-15-17-18-19-22-26-30-34-38-42-46-52(57)58-47-43-39-35-31-27-23-20-21-25-29-33-37-41-45-51(56)53-49(48-54)50(55)44-40-36-32-28-24-16-14-12-10-8-6-4-2/h40,44,49-50,54-55H,3-39,41-43,45-48H2,1-2H3,(H,53,56)/b44-40+. The van der Waals surface area contributed by atoms with Crippen molar-refractivity contribution < 1.29 is 24.5 Å². The largest absolute Gasteiger partial charge is 0.466 e. The zero-order chi connectivity index (χ0) is 42.3. The van der Waals surface area contributed by atoms with Gasteiger partial charge in [-0.15, -0.1) is 0 Å². The van der Waals surface area contributed by atoms with E-state index in [9.17, 15) is 19.8 Å². The zero-order valence-corrected chi connectivity index (χ0v) is 39.0. The van der Waals surface area contributed by atoms with Crippen LogP contribution >= 0.6 is 0 Å². The molecule has 58 heavy (non-hydrogen) atoms. The summed E-state index contributed by atoms with van der Waals surface area (Å²) in [5.41, 5.74) is 0. The summed E-state index contributed by atoms with van der Waals surface area (Å²) in [5, 5.41) is 23.0. The maximum absolute atomic E-state index is 12.4. The fourth-order valence-corrected chi connectivity index (χ4v) is 8.05. The quantitative estimate of drug-likeness (QED) is 0.0323. The third-order valence-electron chi connectivity index (χ3n) is 12.1. The molecule has 0 bridgehead atoms. The van der Waals surface area contributed by atoms with E-state index in [1.807, 2.05) is 6.08 Å². The molecule has 0 saturated carbocycles. The third-order valence-corrected chi connectivity index (χ3v) is 12.1. The van der Waals surface area contributed by atoms with E-state index < -0.39 is 12.1 Å². The Morgan fingerprint density at radius 2 is 0.793 bits per heavy atom. The van der Waals surface area contributed by atoms with Gasteiger partial charge in [0.15, 0.2) is 0 Å². The predicted octanol–water partition coefficient (Wildman–Crippen LogP) is 15.3. The summed E-state index contributed by atoms with van der Waals surface area (Å²) < 4.78 is 5.47. The Labute approximate surface area is 361 Å². The Balaban J connectivity index is 3.44. The summed E-state index contributed by atoms with van der Waals surface area (Å²) >= 11 is 0. The molecular formula is C52H101NO5. The van der Waals surface area contributed by atoms with Crippen molar-refractivity contribution in [3.63, 3.8) is 0 Å². The molecule has 0 saturated heterocycles. The SMILES string of the molecule is CCCCCCCCCCCC/C=C/C(O)C(CO)NC(=O)CCCCCCCCCCCCCCCOC(=O)CCCCCCCCCCCCCCCCCC.